The number of aromatic nitrogens is 3. The second-order valence-corrected chi connectivity index (χ2v) is 6.88. The summed E-state index contributed by atoms with van der Waals surface area (Å²) in [7, 11) is 0. The van der Waals surface area contributed by atoms with E-state index in [4.69, 9.17) is 0 Å². The van der Waals surface area contributed by atoms with Crippen LogP contribution >= 0.6 is 0 Å². The molecule has 2 aromatic rings. The maximum atomic E-state index is 12.2. The molecule has 0 saturated carbocycles. The molecular weight excluding hydrogens is 314 g/mol. The molecule has 1 aliphatic rings. The summed E-state index contributed by atoms with van der Waals surface area (Å²) >= 11 is 0. The Bertz CT molecular complexity index is 643. The van der Waals surface area contributed by atoms with Crippen molar-refractivity contribution >= 4 is 5.91 Å². The summed E-state index contributed by atoms with van der Waals surface area (Å²) in [5.74, 6) is 0.705. The van der Waals surface area contributed by atoms with Crippen molar-refractivity contribution in [1.29, 1.82) is 0 Å². The third-order valence-electron chi connectivity index (χ3n) is 4.85. The van der Waals surface area contributed by atoms with E-state index in [-0.39, 0.29) is 11.9 Å². The first-order valence-corrected chi connectivity index (χ1v) is 9.10. The van der Waals surface area contributed by atoms with E-state index in [0.717, 1.165) is 31.7 Å². The number of nitrogens with one attached hydrogen (secondary N) is 1. The first-order chi connectivity index (χ1) is 12.2. The summed E-state index contributed by atoms with van der Waals surface area (Å²) in [6, 6.07) is 10.1. The molecular formula is C19H27N5O. The van der Waals surface area contributed by atoms with Crippen molar-refractivity contribution in [2.75, 3.05) is 19.6 Å². The van der Waals surface area contributed by atoms with Crippen LogP contribution in [0.15, 0.2) is 43.0 Å². The van der Waals surface area contributed by atoms with E-state index in [1.807, 2.05) is 41.9 Å². The lowest BCUT2D eigenvalue weighted by atomic mass is 9.98. The summed E-state index contributed by atoms with van der Waals surface area (Å²) in [5.41, 5.74) is 1.14. The minimum atomic E-state index is 0.0510. The fraction of sp³-hybridized carbons (Fsp3) is 0.526. The first kappa shape index (κ1) is 17.6. The molecule has 6 nitrogen and oxygen atoms in total. The van der Waals surface area contributed by atoms with Crippen LogP contribution < -0.4 is 5.32 Å². The van der Waals surface area contributed by atoms with Gasteiger partial charge in [0.05, 0.1) is 6.04 Å². The Morgan fingerprint density at radius 3 is 2.96 bits per heavy atom. The molecule has 0 radical (unpaired) electrons. The van der Waals surface area contributed by atoms with E-state index < -0.39 is 0 Å². The Labute approximate surface area is 149 Å². The highest BCUT2D eigenvalue weighted by molar-refractivity contribution is 5.76. The van der Waals surface area contributed by atoms with Gasteiger partial charge in [-0.3, -0.25) is 9.48 Å². The van der Waals surface area contributed by atoms with E-state index in [2.05, 4.69) is 20.3 Å². The van der Waals surface area contributed by atoms with Crippen LogP contribution in [0.3, 0.4) is 0 Å². The molecule has 3 rings (SSSR count). The molecule has 134 valence electrons. The molecule has 2 unspecified atom stereocenters. The minimum Gasteiger partial charge on any atom is -0.350 e. The zero-order chi connectivity index (χ0) is 17.5. The van der Waals surface area contributed by atoms with Gasteiger partial charge in [-0.05, 0) is 37.8 Å². The molecule has 0 aliphatic carbocycles. The number of hydrogen-bond acceptors (Lipinski definition) is 4. The predicted molar refractivity (Wildman–Crippen MR) is 96.8 cm³/mol. The van der Waals surface area contributed by atoms with Crippen molar-refractivity contribution in [2.24, 2.45) is 5.92 Å². The quantitative estimate of drug-likeness (QED) is 0.839. The highest BCUT2D eigenvalue weighted by Gasteiger charge is 2.21. The van der Waals surface area contributed by atoms with Crippen molar-refractivity contribution in [1.82, 2.24) is 25.0 Å². The number of rotatable bonds is 7. The van der Waals surface area contributed by atoms with Gasteiger partial charge in [0.25, 0.3) is 0 Å². The molecule has 1 aromatic carbocycles. The van der Waals surface area contributed by atoms with Crippen molar-refractivity contribution in [3.63, 3.8) is 0 Å². The number of carbonyl (C=O) groups is 1. The monoisotopic (exact) mass is 341 g/mol. The number of piperidine rings is 1. The van der Waals surface area contributed by atoms with Crippen LogP contribution in [0, 0.1) is 5.92 Å². The van der Waals surface area contributed by atoms with Crippen LogP contribution in [-0.2, 0) is 11.3 Å². The summed E-state index contributed by atoms with van der Waals surface area (Å²) < 4.78 is 1.91. The van der Waals surface area contributed by atoms with E-state index >= 15 is 0 Å². The van der Waals surface area contributed by atoms with E-state index in [1.54, 1.807) is 12.7 Å². The summed E-state index contributed by atoms with van der Waals surface area (Å²) in [6.45, 7) is 5.87. The van der Waals surface area contributed by atoms with Crippen molar-refractivity contribution < 1.29 is 4.79 Å². The van der Waals surface area contributed by atoms with Gasteiger partial charge >= 0.3 is 0 Å². The smallest absolute Gasteiger partial charge is 0.221 e. The lowest BCUT2D eigenvalue weighted by molar-refractivity contribution is -0.122. The van der Waals surface area contributed by atoms with Crippen LogP contribution in [0.5, 0.6) is 0 Å². The summed E-state index contributed by atoms with van der Waals surface area (Å²) in [6.07, 6.45) is 6.30. The molecule has 2 heterocycles. The fourth-order valence-electron chi connectivity index (χ4n) is 3.49. The fourth-order valence-corrected chi connectivity index (χ4v) is 3.49. The van der Waals surface area contributed by atoms with Crippen LogP contribution in [0.2, 0.25) is 0 Å². The van der Waals surface area contributed by atoms with E-state index in [9.17, 15) is 4.79 Å². The van der Waals surface area contributed by atoms with Gasteiger partial charge in [-0.1, -0.05) is 30.3 Å². The number of likely N-dealkylation sites (tertiary alicyclic amines) is 1. The standard InChI is InChI=1S/C19H27N5O/c1-16(18-7-3-2-4-8-18)22-19(25)9-11-23-10-5-6-17(12-23)13-24-15-20-14-21-24/h2-4,7-8,14-17H,5-6,9-13H2,1H3,(H,22,25). The molecule has 1 amide bonds. The van der Waals surface area contributed by atoms with Crippen LogP contribution in [0.25, 0.3) is 0 Å². The minimum absolute atomic E-state index is 0.0510. The third-order valence-corrected chi connectivity index (χ3v) is 4.85. The molecule has 6 heteroatoms. The SMILES string of the molecule is CC(NC(=O)CCN1CCCC(Cn2cncn2)C1)c1ccccc1. The zero-order valence-electron chi connectivity index (χ0n) is 14.8. The molecule has 1 fully saturated rings. The highest BCUT2D eigenvalue weighted by atomic mass is 16.1. The maximum Gasteiger partial charge on any atom is 0.221 e. The second kappa shape index (κ2) is 8.76. The average Bonchev–Trinajstić information content (AvgIpc) is 3.14. The van der Waals surface area contributed by atoms with Crippen LogP contribution in [-0.4, -0.2) is 45.2 Å². The molecule has 25 heavy (non-hydrogen) atoms. The van der Waals surface area contributed by atoms with Gasteiger partial charge in [-0.2, -0.15) is 5.10 Å². The number of nitrogens with zero attached hydrogens (tertiary/aromatic N) is 4. The van der Waals surface area contributed by atoms with Gasteiger partial charge in [0, 0.05) is 26.1 Å². The number of benzene rings is 1. The lowest BCUT2D eigenvalue weighted by Gasteiger charge is -2.32. The lowest BCUT2D eigenvalue weighted by Crippen LogP contribution is -2.39. The number of carbonyl (C=O) groups excluding carboxylic acids is 1. The Morgan fingerprint density at radius 1 is 1.36 bits per heavy atom. The predicted octanol–water partition coefficient (Wildman–Crippen LogP) is 2.26. The molecule has 2 atom stereocenters. The molecule has 0 spiro atoms. The summed E-state index contributed by atoms with van der Waals surface area (Å²) in [5, 5.41) is 7.29. The average molecular weight is 341 g/mol. The topological polar surface area (TPSA) is 63.1 Å². The first-order valence-electron chi connectivity index (χ1n) is 9.10. The van der Waals surface area contributed by atoms with Gasteiger partial charge in [-0.25, -0.2) is 4.98 Å². The van der Waals surface area contributed by atoms with Crippen molar-refractivity contribution in [2.45, 2.75) is 38.8 Å². The largest absolute Gasteiger partial charge is 0.350 e. The number of hydrogen-bond donors (Lipinski definition) is 1. The van der Waals surface area contributed by atoms with Gasteiger partial charge < -0.3 is 10.2 Å². The molecule has 0 bridgehead atoms. The van der Waals surface area contributed by atoms with E-state index in [0.29, 0.717) is 12.3 Å². The van der Waals surface area contributed by atoms with Crippen LogP contribution in [0.1, 0.15) is 37.8 Å². The normalized spacial score (nSPS) is 19.5. The third kappa shape index (κ3) is 5.39. The van der Waals surface area contributed by atoms with Gasteiger partial charge in [-0.15, -0.1) is 0 Å². The zero-order valence-corrected chi connectivity index (χ0v) is 14.8. The van der Waals surface area contributed by atoms with Gasteiger partial charge in [0.1, 0.15) is 12.7 Å². The van der Waals surface area contributed by atoms with E-state index in [1.165, 1.54) is 12.8 Å². The van der Waals surface area contributed by atoms with Crippen LogP contribution in [0.4, 0.5) is 0 Å². The van der Waals surface area contributed by atoms with Crippen molar-refractivity contribution in [3.05, 3.63) is 48.5 Å². The molecule has 1 saturated heterocycles. The molecule has 1 N–H and O–H groups in total. The molecule has 1 aromatic heterocycles. The Hall–Kier alpha value is -2.21. The number of amides is 1. The Balaban J connectivity index is 1.40. The Kier molecular flexibility index (Phi) is 6.17. The molecule has 1 aliphatic heterocycles. The highest BCUT2D eigenvalue weighted by Crippen LogP contribution is 2.18. The second-order valence-electron chi connectivity index (χ2n) is 6.88. The van der Waals surface area contributed by atoms with Gasteiger partial charge in [0.2, 0.25) is 5.91 Å². The maximum absolute atomic E-state index is 12.2. The summed E-state index contributed by atoms with van der Waals surface area (Å²) in [4.78, 5) is 18.7. The van der Waals surface area contributed by atoms with Gasteiger partial charge in [0.15, 0.2) is 0 Å². The van der Waals surface area contributed by atoms with Crippen molar-refractivity contribution in [3.8, 4) is 0 Å². The Morgan fingerprint density at radius 2 is 2.20 bits per heavy atom.